The predicted octanol–water partition coefficient (Wildman–Crippen LogP) is 2.96. The fourth-order valence-corrected chi connectivity index (χ4v) is 1.84. The summed E-state index contributed by atoms with van der Waals surface area (Å²) in [6, 6.07) is 5.55. The second kappa shape index (κ2) is 4.66. The van der Waals surface area contributed by atoms with Crippen molar-refractivity contribution in [2.24, 2.45) is 0 Å². The first kappa shape index (κ1) is 11.0. The van der Waals surface area contributed by atoms with Crippen molar-refractivity contribution in [3.8, 4) is 22.9 Å². The summed E-state index contributed by atoms with van der Waals surface area (Å²) in [7, 11) is 0. The van der Waals surface area contributed by atoms with E-state index >= 15 is 0 Å². The van der Waals surface area contributed by atoms with Crippen molar-refractivity contribution in [3.05, 3.63) is 47.5 Å². The predicted molar refractivity (Wildman–Crippen MR) is 68.5 cm³/mol. The molecule has 0 spiro atoms. The molecule has 0 saturated carbocycles. The van der Waals surface area contributed by atoms with Gasteiger partial charge in [0.15, 0.2) is 0 Å². The summed E-state index contributed by atoms with van der Waals surface area (Å²) in [4.78, 5) is 8.07. The zero-order chi connectivity index (χ0) is 12.4. The smallest absolute Gasteiger partial charge is 0.249 e. The van der Waals surface area contributed by atoms with Gasteiger partial charge in [0.1, 0.15) is 0 Å². The molecular formula is C12H7BrN4O. The van der Waals surface area contributed by atoms with Gasteiger partial charge in [-0.05, 0) is 34.1 Å². The molecule has 3 heterocycles. The summed E-state index contributed by atoms with van der Waals surface area (Å²) in [5.74, 6) is 0.876. The lowest BCUT2D eigenvalue weighted by Gasteiger charge is -1.94. The van der Waals surface area contributed by atoms with Crippen LogP contribution < -0.4 is 0 Å². The molecule has 6 heteroatoms. The van der Waals surface area contributed by atoms with Gasteiger partial charge in [-0.15, -0.1) is 10.2 Å². The maximum atomic E-state index is 5.59. The van der Waals surface area contributed by atoms with E-state index in [0.29, 0.717) is 11.8 Å². The molecule has 0 aliphatic carbocycles. The largest absolute Gasteiger partial charge is 0.416 e. The number of aromatic nitrogens is 4. The number of hydrogen-bond donors (Lipinski definition) is 0. The summed E-state index contributed by atoms with van der Waals surface area (Å²) >= 11 is 3.35. The average molecular weight is 303 g/mol. The van der Waals surface area contributed by atoms with E-state index in [4.69, 9.17) is 4.42 Å². The molecular weight excluding hydrogens is 296 g/mol. The third-order valence-electron chi connectivity index (χ3n) is 2.29. The molecule has 3 rings (SSSR count). The first-order valence-electron chi connectivity index (χ1n) is 5.18. The zero-order valence-corrected chi connectivity index (χ0v) is 10.7. The van der Waals surface area contributed by atoms with Gasteiger partial charge in [-0.25, -0.2) is 0 Å². The summed E-state index contributed by atoms with van der Waals surface area (Å²) in [5.41, 5.74) is 1.56. The molecule has 88 valence electrons. The van der Waals surface area contributed by atoms with Crippen molar-refractivity contribution in [3.63, 3.8) is 0 Å². The fourth-order valence-electron chi connectivity index (χ4n) is 1.47. The first-order valence-corrected chi connectivity index (χ1v) is 5.97. The van der Waals surface area contributed by atoms with Gasteiger partial charge in [-0.3, -0.25) is 9.97 Å². The standard InChI is InChI=1S/C12H7BrN4O/c13-10-4-9(6-15-7-10)12-17-16-11(18-12)8-2-1-3-14-5-8/h1-7H. The zero-order valence-electron chi connectivity index (χ0n) is 9.12. The van der Waals surface area contributed by atoms with Gasteiger partial charge in [0.2, 0.25) is 11.8 Å². The van der Waals surface area contributed by atoms with Crippen molar-refractivity contribution in [2.45, 2.75) is 0 Å². The van der Waals surface area contributed by atoms with E-state index in [-0.39, 0.29) is 0 Å². The Labute approximate surface area is 111 Å². The van der Waals surface area contributed by atoms with Crippen LogP contribution in [0.1, 0.15) is 0 Å². The number of pyridine rings is 2. The Hall–Kier alpha value is -2.08. The van der Waals surface area contributed by atoms with Crippen LogP contribution in [0.25, 0.3) is 22.9 Å². The highest BCUT2D eigenvalue weighted by atomic mass is 79.9. The molecule has 0 atom stereocenters. The molecule has 0 fully saturated rings. The normalized spacial score (nSPS) is 10.5. The first-order chi connectivity index (χ1) is 8.83. The van der Waals surface area contributed by atoms with E-state index < -0.39 is 0 Å². The molecule has 3 aromatic heterocycles. The van der Waals surface area contributed by atoms with Crippen LogP contribution in [0, 0.1) is 0 Å². The molecule has 0 aliphatic rings. The molecule has 0 unspecified atom stereocenters. The van der Waals surface area contributed by atoms with Crippen LogP contribution in [0.2, 0.25) is 0 Å². The second-order valence-electron chi connectivity index (χ2n) is 3.55. The number of halogens is 1. The topological polar surface area (TPSA) is 64.7 Å². The summed E-state index contributed by atoms with van der Waals surface area (Å²) in [6.07, 6.45) is 6.74. The van der Waals surface area contributed by atoms with E-state index in [2.05, 4.69) is 36.1 Å². The van der Waals surface area contributed by atoms with E-state index in [1.165, 1.54) is 0 Å². The van der Waals surface area contributed by atoms with Gasteiger partial charge in [-0.2, -0.15) is 0 Å². The highest BCUT2D eigenvalue weighted by Crippen LogP contribution is 2.24. The highest BCUT2D eigenvalue weighted by Gasteiger charge is 2.10. The Balaban J connectivity index is 2.00. The molecule has 5 nitrogen and oxygen atoms in total. The molecule has 3 aromatic rings. The van der Waals surface area contributed by atoms with Gasteiger partial charge in [-0.1, -0.05) is 0 Å². The van der Waals surface area contributed by atoms with Crippen LogP contribution in [-0.4, -0.2) is 20.2 Å². The molecule has 0 amide bonds. The number of rotatable bonds is 2. The van der Waals surface area contributed by atoms with Gasteiger partial charge in [0.05, 0.1) is 11.1 Å². The van der Waals surface area contributed by atoms with E-state index in [9.17, 15) is 0 Å². The lowest BCUT2D eigenvalue weighted by Crippen LogP contribution is -1.80. The van der Waals surface area contributed by atoms with Crippen molar-refractivity contribution in [1.29, 1.82) is 0 Å². The Morgan fingerprint density at radius 1 is 0.944 bits per heavy atom. The summed E-state index contributed by atoms with van der Waals surface area (Å²) in [6.45, 7) is 0. The van der Waals surface area contributed by atoms with Crippen molar-refractivity contribution in [2.75, 3.05) is 0 Å². The van der Waals surface area contributed by atoms with Gasteiger partial charge in [0.25, 0.3) is 0 Å². The molecule has 18 heavy (non-hydrogen) atoms. The minimum absolute atomic E-state index is 0.433. The van der Waals surface area contributed by atoms with Crippen LogP contribution in [0.4, 0.5) is 0 Å². The summed E-state index contributed by atoms with van der Waals surface area (Å²) < 4.78 is 6.45. The lowest BCUT2D eigenvalue weighted by atomic mass is 10.3. The van der Waals surface area contributed by atoms with E-state index in [1.807, 2.05) is 18.2 Å². The Kier molecular flexibility index (Phi) is 2.85. The maximum Gasteiger partial charge on any atom is 0.249 e. The van der Waals surface area contributed by atoms with Crippen LogP contribution in [-0.2, 0) is 0 Å². The van der Waals surface area contributed by atoms with Crippen molar-refractivity contribution >= 4 is 15.9 Å². The minimum Gasteiger partial charge on any atom is -0.416 e. The van der Waals surface area contributed by atoms with Crippen LogP contribution in [0.5, 0.6) is 0 Å². The van der Waals surface area contributed by atoms with Crippen molar-refractivity contribution in [1.82, 2.24) is 20.2 Å². The molecule has 0 aromatic carbocycles. The van der Waals surface area contributed by atoms with Gasteiger partial charge < -0.3 is 4.42 Å². The lowest BCUT2D eigenvalue weighted by molar-refractivity contribution is 0.584. The van der Waals surface area contributed by atoms with Crippen LogP contribution >= 0.6 is 15.9 Å². The highest BCUT2D eigenvalue weighted by molar-refractivity contribution is 9.10. The quantitative estimate of drug-likeness (QED) is 0.728. The molecule has 0 radical (unpaired) electrons. The van der Waals surface area contributed by atoms with Gasteiger partial charge >= 0.3 is 0 Å². The molecule has 0 bridgehead atoms. The number of nitrogens with zero attached hydrogens (tertiary/aromatic N) is 4. The maximum absolute atomic E-state index is 5.59. The average Bonchev–Trinajstić information content (AvgIpc) is 2.89. The van der Waals surface area contributed by atoms with E-state index in [0.717, 1.165) is 15.6 Å². The van der Waals surface area contributed by atoms with E-state index in [1.54, 1.807) is 24.8 Å². The Bertz CT molecular complexity index is 669. The second-order valence-corrected chi connectivity index (χ2v) is 4.46. The monoisotopic (exact) mass is 302 g/mol. The fraction of sp³-hybridized carbons (Fsp3) is 0. The molecule has 0 saturated heterocycles. The molecule has 0 N–H and O–H groups in total. The Morgan fingerprint density at radius 2 is 1.72 bits per heavy atom. The van der Waals surface area contributed by atoms with Crippen LogP contribution in [0.15, 0.2) is 51.9 Å². The SMILES string of the molecule is Brc1cncc(-c2nnc(-c3cccnc3)o2)c1. The van der Waals surface area contributed by atoms with Crippen molar-refractivity contribution < 1.29 is 4.42 Å². The molecule has 0 aliphatic heterocycles. The van der Waals surface area contributed by atoms with Crippen LogP contribution in [0.3, 0.4) is 0 Å². The third kappa shape index (κ3) is 2.14. The summed E-state index contributed by atoms with van der Waals surface area (Å²) in [5, 5.41) is 7.99. The number of hydrogen-bond acceptors (Lipinski definition) is 5. The third-order valence-corrected chi connectivity index (χ3v) is 2.72. The Morgan fingerprint density at radius 3 is 2.44 bits per heavy atom. The van der Waals surface area contributed by atoms with Gasteiger partial charge in [0, 0.05) is 29.3 Å². The minimum atomic E-state index is 0.433.